The highest BCUT2D eigenvalue weighted by atomic mass is 79.9. The van der Waals surface area contributed by atoms with Crippen LogP contribution < -0.4 is 9.47 Å². The summed E-state index contributed by atoms with van der Waals surface area (Å²) in [7, 11) is 1.51. The second-order valence-corrected chi connectivity index (χ2v) is 6.97. The number of thiophene rings is 1. The number of halogens is 1. The fraction of sp³-hybridized carbons (Fsp3) is 0.400. The number of hydrogen-bond donors (Lipinski definition) is 0. The van der Waals surface area contributed by atoms with E-state index in [1.54, 1.807) is 12.3 Å². The van der Waals surface area contributed by atoms with Crippen molar-refractivity contribution >= 4 is 33.2 Å². The van der Waals surface area contributed by atoms with E-state index in [1.807, 2.05) is 16.3 Å². The van der Waals surface area contributed by atoms with E-state index >= 15 is 0 Å². The van der Waals surface area contributed by atoms with Gasteiger partial charge in [0, 0.05) is 28.7 Å². The first-order valence-corrected chi connectivity index (χ1v) is 8.90. The zero-order chi connectivity index (χ0) is 16.2. The van der Waals surface area contributed by atoms with Gasteiger partial charge in [0.2, 0.25) is 5.88 Å². The minimum Gasteiger partial charge on any atom is -0.472 e. The molecule has 2 aromatic heterocycles. The van der Waals surface area contributed by atoms with Gasteiger partial charge >= 0.3 is 6.01 Å². The minimum atomic E-state index is -0.0734. The molecular formula is C15H16BrN3O3S. The highest BCUT2D eigenvalue weighted by Gasteiger charge is 2.26. The molecule has 0 aromatic carbocycles. The van der Waals surface area contributed by atoms with Crippen molar-refractivity contribution in [3.05, 3.63) is 33.1 Å². The number of methoxy groups -OCH3 is 1. The lowest BCUT2D eigenvalue weighted by molar-refractivity contribution is 0.0530. The number of aromatic nitrogens is 2. The Morgan fingerprint density at radius 1 is 1.52 bits per heavy atom. The molecule has 0 N–H and O–H groups in total. The monoisotopic (exact) mass is 397 g/mol. The Labute approximate surface area is 146 Å². The van der Waals surface area contributed by atoms with Gasteiger partial charge in [-0.25, -0.2) is 4.98 Å². The van der Waals surface area contributed by atoms with E-state index < -0.39 is 0 Å². The molecule has 23 heavy (non-hydrogen) atoms. The Bertz CT molecular complexity index is 694. The Morgan fingerprint density at radius 2 is 2.39 bits per heavy atom. The summed E-state index contributed by atoms with van der Waals surface area (Å²) in [6.45, 7) is 1.31. The van der Waals surface area contributed by atoms with Crippen LogP contribution in [0.25, 0.3) is 0 Å². The van der Waals surface area contributed by atoms with Crippen molar-refractivity contribution in [2.24, 2.45) is 0 Å². The van der Waals surface area contributed by atoms with Crippen LogP contribution in [0.4, 0.5) is 0 Å². The summed E-state index contributed by atoms with van der Waals surface area (Å²) in [6.07, 6.45) is 3.32. The molecule has 1 fully saturated rings. The lowest BCUT2D eigenvalue weighted by Crippen LogP contribution is -2.44. The maximum atomic E-state index is 12.5. The van der Waals surface area contributed by atoms with Crippen LogP contribution in [0.3, 0.4) is 0 Å². The molecule has 3 rings (SSSR count). The summed E-state index contributed by atoms with van der Waals surface area (Å²) in [5.41, 5.74) is 0. The van der Waals surface area contributed by atoms with Crippen LogP contribution in [0.1, 0.15) is 22.5 Å². The minimum absolute atomic E-state index is 0.0502. The molecule has 1 unspecified atom stereocenters. The fourth-order valence-corrected chi connectivity index (χ4v) is 3.85. The fourth-order valence-electron chi connectivity index (χ4n) is 2.46. The maximum absolute atomic E-state index is 12.5. The second-order valence-electron chi connectivity index (χ2n) is 5.14. The second kappa shape index (κ2) is 7.27. The van der Waals surface area contributed by atoms with E-state index in [2.05, 4.69) is 25.9 Å². The van der Waals surface area contributed by atoms with Crippen molar-refractivity contribution in [3.8, 4) is 11.9 Å². The van der Waals surface area contributed by atoms with Gasteiger partial charge in [0.1, 0.15) is 6.10 Å². The van der Waals surface area contributed by atoms with Crippen molar-refractivity contribution in [1.29, 1.82) is 0 Å². The molecule has 1 amide bonds. The lowest BCUT2D eigenvalue weighted by Gasteiger charge is -2.32. The summed E-state index contributed by atoms with van der Waals surface area (Å²) in [5.74, 6) is 0.518. The number of amides is 1. The third-order valence-electron chi connectivity index (χ3n) is 3.52. The highest BCUT2D eigenvalue weighted by Crippen LogP contribution is 2.24. The van der Waals surface area contributed by atoms with E-state index in [1.165, 1.54) is 18.4 Å². The van der Waals surface area contributed by atoms with Gasteiger partial charge in [-0.1, -0.05) is 0 Å². The predicted octanol–water partition coefficient (Wildman–Crippen LogP) is 2.99. The highest BCUT2D eigenvalue weighted by molar-refractivity contribution is 9.10. The number of rotatable bonds is 4. The smallest absolute Gasteiger partial charge is 0.319 e. The van der Waals surface area contributed by atoms with Crippen LogP contribution in [0.15, 0.2) is 28.2 Å². The largest absolute Gasteiger partial charge is 0.472 e. The third-order valence-corrected chi connectivity index (χ3v) is 5.20. The van der Waals surface area contributed by atoms with E-state index in [9.17, 15) is 4.79 Å². The molecule has 2 aromatic rings. The third kappa shape index (κ3) is 4.00. The molecule has 0 bridgehead atoms. The molecule has 8 heteroatoms. The van der Waals surface area contributed by atoms with Gasteiger partial charge < -0.3 is 14.4 Å². The Morgan fingerprint density at radius 3 is 3.13 bits per heavy atom. The molecule has 1 aliphatic rings. The zero-order valence-electron chi connectivity index (χ0n) is 12.6. The molecule has 0 radical (unpaired) electrons. The van der Waals surface area contributed by atoms with Gasteiger partial charge in [-0.05, 0) is 34.8 Å². The van der Waals surface area contributed by atoms with Crippen molar-refractivity contribution in [1.82, 2.24) is 14.9 Å². The predicted molar refractivity (Wildman–Crippen MR) is 90.2 cm³/mol. The van der Waals surface area contributed by atoms with Gasteiger partial charge in [0.05, 0.1) is 18.5 Å². The van der Waals surface area contributed by atoms with Crippen molar-refractivity contribution < 1.29 is 14.3 Å². The number of likely N-dealkylation sites (tertiary alicyclic amines) is 1. The first kappa shape index (κ1) is 16.2. The molecule has 1 aliphatic heterocycles. The van der Waals surface area contributed by atoms with Gasteiger partial charge in [0.25, 0.3) is 5.91 Å². The number of piperidine rings is 1. The van der Waals surface area contributed by atoms with Gasteiger partial charge in [-0.3, -0.25) is 4.79 Å². The molecule has 6 nitrogen and oxygen atoms in total. The van der Waals surface area contributed by atoms with Crippen molar-refractivity contribution in [2.45, 2.75) is 18.9 Å². The van der Waals surface area contributed by atoms with Gasteiger partial charge in [0.15, 0.2) is 0 Å². The standard InChI is InChI=1S/C15H16BrN3O3S/c1-21-15-17-5-4-13(18-15)22-11-3-2-6-19(8-11)14(20)12-7-10(16)9-23-12/h4-5,7,9,11H,2-3,6,8H2,1H3. The molecule has 0 aliphatic carbocycles. The van der Waals surface area contributed by atoms with Gasteiger partial charge in [-0.15, -0.1) is 11.3 Å². The normalized spacial score (nSPS) is 17.8. The first-order chi connectivity index (χ1) is 11.2. The number of carbonyl (C=O) groups excluding carboxylic acids is 1. The maximum Gasteiger partial charge on any atom is 0.319 e. The number of carbonyl (C=O) groups is 1. The van der Waals surface area contributed by atoms with Crippen LogP contribution in [0, 0.1) is 0 Å². The van der Waals surface area contributed by atoms with Crippen LogP contribution >= 0.6 is 27.3 Å². The van der Waals surface area contributed by atoms with Crippen molar-refractivity contribution in [2.75, 3.05) is 20.2 Å². The summed E-state index contributed by atoms with van der Waals surface area (Å²) >= 11 is 4.83. The Kier molecular flexibility index (Phi) is 5.12. The first-order valence-electron chi connectivity index (χ1n) is 7.22. The molecule has 1 saturated heterocycles. The van der Waals surface area contributed by atoms with Gasteiger partial charge in [-0.2, -0.15) is 4.98 Å². The topological polar surface area (TPSA) is 64.6 Å². The molecule has 1 atom stereocenters. The number of hydrogen-bond acceptors (Lipinski definition) is 6. The summed E-state index contributed by atoms with van der Waals surface area (Å²) in [4.78, 5) is 23.2. The SMILES string of the molecule is COc1nccc(OC2CCCN(C(=O)c3cc(Br)cs3)C2)n1. The molecule has 3 heterocycles. The molecular weight excluding hydrogens is 382 g/mol. The van der Waals surface area contributed by atoms with Crippen molar-refractivity contribution in [3.63, 3.8) is 0 Å². The van der Waals surface area contributed by atoms with E-state index in [-0.39, 0.29) is 18.0 Å². The van der Waals surface area contributed by atoms with Crippen LogP contribution in [0.5, 0.6) is 11.9 Å². The lowest BCUT2D eigenvalue weighted by atomic mass is 10.1. The quantitative estimate of drug-likeness (QED) is 0.793. The molecule has 0 saturated carbocycles. The summed E-state index contributed by atoms with van der Waals surface area (Å²) < 4.78 is 11.8. The van der Waals surface area contributed by atoms with Crippen LogP contribution in [-0.4, -0.2) is 47.1 Å². The summed E-state index contributed by atoms with van der Waals surface area (Å²) in [6, 6.07) is 3.82. The molecule has 0 spiro atoms. The number of nitrogens with zero attached hydrogens (tertiary/aromatic N) is 3. The zero-order valence-corrected chi connectivity index (χ0v) is 15.0. The van der Waals surface area contributed by atoms with E-state index in [0.29, 0.717) is 12.4 Å². The molecule has 122 valence electrons. The Hall–Kier alpha value is -1.67. The Balaban J connectivity index is 1.64. The van der Waals surface area contributed by atoms with Crippen LogP contribution in [0.2, 0.25) is 0 Å². The average Bonchev–Trinajstić information content (AvgIpc) is 3.01. The number of ether oxygens (including phenoxy) is 2. The van der Waals surface area contributed by atoms with E-state index in [4.69, 9.17) is 9.47 Å². The van der Waals surface area contributed by atoms with Crippen LogP contribution in [-0.2, 0) is 0 Å². The average molecular weight is 398 g/mol. The summed E-state index contributed by atoms with van der Waals surface area (Å²) in [5, 5.41) is 1.92. The van der Waals surface area contributed by atoms with E-state index in [0.717, 1.165) is 28.7 Å².